The topological polar surface area (TPSA) is 104 Å². The maximum atomic E-state index is 12.6. The van der Waals surface area contributed by atoms with Crippen LogP contribution in [0.1, 0.15) is 47.1 Å². The van der Waals surface area contributed by atoms with Crippen LogP contribution in [0.2, 0.25) is 5.02 Å². The highest BCUT2D eigenvalue weighted by molar-refractivity contribution is 7.92. The van der Waals surface area contributed by atoms with Crippen LogP contribution in [0.5, 0.6) is 0 Å². The largest absolute Gasteiger partial charge is 0.322 e. The Kier molecular flexibility index (Phi) is 7.33. The summed E-state index contributed by atoms with van der Waals surface area (Å²) in [4.78, 5) is 25.3. The predicted molar refractivity (Wildman–Crippen MR) is 137 cm³/mol. The monoisotopic (exact) mass is 499 g/mol. The number of benzene rings is 3. The molecule has 0 heterocycles. The molecule has 0 aliphatic heterocycles. The van der Waals surface area contributed by atoms with Gasteiger partial charge in [-0.3, -0.25) is 14.3 Å². The van der Waals surface area contributed by atoms with Crippen molar-refractivity contribution in [3.05, 3.63) is 88.4 Å². The second kappa shape index (κ2) is 9.87. The van der Waals surface area contributed by atoms with Crippen LogP contribution in [0, 0.1) is 0 Å². The third-order valence-electron chi connectivity index (χ3n) is 4.92. The highest BCUT2D eigenvalue weighted by Crippen LogP contribution is 2.25. The summed E-state index contributed by atoms with van der Waals surface area (Å²) in [5.41, 5.74) is 3.08. The predicted octanol–water partition coefficient (Wildman–Crippen LogP) is 5.51. The number of carbonyl (C=O) groups excluding carboxylic acids is 2. The van der Waals surface area contributed by atoms with Crippen molar-refractivity contribution in [1.82, 2.24) is 0 Å². The molecule has 178 valence electrons. The van der Waals surface area contributed by atoms with Gasteiger partial charge in [-0.25, -0.2) is 8.42 Å². The summed E-state index contributed by atoms with van der Waals surface area (Å²) in [7, 11) is -3.49. The molecule has 0 fully saturated rings. The van der Waals surface area contributed by atoms with Gasteiger partial charge in [0.1, 0.15) is 0 Å². The number of sulfonamides is 1. The van der Waals surface area contributed by atoms with Crippen molar-refractivity contribution in [2.45, 2.75) is 26.2 Å². The van der Waals surface area contributed by atoms with Gasteiger partial charge in [0.25, 0.3) is 11.8 Å². The molecule has 3 aromatic rings. The smallest absolute Gasteiger partial charge is 0.255 e. The molecule has 2 amide bonds. The van der Waals surface area contributed by atoms with Gasteiger partial charge in [0, 0.05) is 22.5 Å². The standard InChI is InChI=1S/C25H26ClN3O4S/c1-25(2,3)18-11-8-16(9-12-18)23(30)27-19-6-5-7-20(15-19)28-24(31)17-10-13-22(21(26)14-17)29-34(4,32)33/h5-15,29H,1-4H3,(H,27,30)(H,28,31). The van der Waals surface area contributed by atoms with Crippen LogP contribution in [0.25, 0.3) is 0 Å². The quantitative estimate of drug-likeness (QED) is 0.415. The van der Waals surface area contributed by atoms with Crippen molar-refractivity contribution in [2.24, 2.45) is 0 Å². The maximum Gasteiger partial charge on any atom is 0.255 e. The lowest BCUT2D eigenvalue weighted by molar-refractivity contribution is 0.101. The molecule has 0 aromatic heterocycles. The van der Waals surface area contributed by atoms with E-state index in [0.29, 0.717) is 16.9 Å². The number of hydrogen-bond acceptors (Lipinski definition) is 4. The van der Waals surface area contributed by atoms with Crippen molar-refractivity contribution < 1.29 is 18.0 Å². The highest BCUT2D eigenvalue weighted by Gasteiger charge is 2.15. The lowest BCUT2D eigenvalue weighted by atomic mass is 9.87. The molecule has 0 bridgehead atoms. The van der Waals surface area contributed by atoms with E-state index in [1.807, 2.05) is 12.1 Å². The highest BCUT2D eigenvalue weighted by atomic mass is 35.5. The Labute approximate surface area is 204 Å². The molecule has 0 saturated carbocycles. The molecule has 9 heteroatoms. The van der Waals surface area contributed by atoms with Gasteiger partial charge in [0.2, 0.25) is 10.0 Å². The average Bonchev–Trinajstić information content (AvgIpc) is 2.74. The van der Waals surface area contributed by atoms with Crippen molar-refractivity contribution in [2.75, 3.05) is 21.6 Å². The van der Waals surface area contributed by atoms with E-state index in [1.54, 1.807) is 36.4 Å². The van der Waals surface area contributed by atoms with Gasteiger partial charge in [-0.2, -0.15) is 0 Å². The summed E-state index contributed by atoms with van der Waals surface area (Å²) in [5.74, 6) is -0.696. The Bertz CT molecular complexity index is 1330. The summed E-state index contributed by atoms with van der Waals surface area (Å²) in [6.45, 7) is 6.32. The number of amides is 2. The van der Waals surface area contributed by atoms with Crippen molar-refractivity contribution >= 4 is 50.5 Å². The van der Waals surface area contributed by atoms with Crippen LogP contribution >= 0.6 is 11.6 Å². The molecule has 0 spiro atoms. The van der Waals surface area contributed by atoms with E-state index in [1.165, 1.54) is 18.2 Å². The zero-order valence-corrected chi connectivity index (χ0v) is 20.8. The van der Waals surface area contributed by atoms with Crippen LogP contribution in [0.4, 0.5) is 17.1 Å². The molecule has 0 radical (unpaired) electrons. The fourth-order valence-electron chi connectivity index (χ4n) is 3.14. The normalized spacial score (nSPS) is 11.6. The van der Waals surface area contributed by atoms with Gasteiger partial charge in [0.15, 0.2) is 0 Å². The maximum absolute atomic E-state index is 12.6. The van der Waals surface area contributed by atoms with E-state index in [-0.39, 0.29) is 27.6 Å². The second-order valence-electron chi connectivity index (χ2n) is 8.89. The Morgan fingerprint density at radius 2 is 1.32 bits per heavy atom. The van der Waals surface area contributed by atoms with E-state index in [4.69, 9.17) is 11.6 Å². The molecule has 34 heavy (non-hydrogen) atoms. The van der Waals surface area contributed by atoms with Crippen molar-refractivity contribution in [3.63, 3.8) is 0 Å². The molecule has 0 atom stereocenters. The summed E-state index contributed by atoms with van der Waals surface area (Å²) in [6.07, 6.45) is 1.01. The van der Waals surface area contributed by atoms with Crippen LogP contribution < -0.4 is 15.4 Å². The Morgan fingerprint density at radius 1 is 0.794 bits per heavy atom. The second-order valence-corrected chi connectivity index (χ2v) is 11.0. The molecule has 0 unspecified atom stereocenters. The first-order valence-electron chi connectivity index (χ1n) is 10.4. The SMILES string of the molecule is CC(C)(C)c1ccc(C(=O)Nc2cccc(NC(=O)c3ccc(NS(C)(=O)=O)c(Cl)c3)c2)cc1. The molecule has 0 saturated heterocycles. The van der Waals surface area contributed by atoms with Crippen molar-refractivity contribution in [1.29, 1.82) is 0 Å². The molecule has 7 nitrogen and oxygen atoms in total. The number of halogens is 1. The molecular weight excluding hydrogens is 474 g/mol. The van der Waals surface area contributed by atoms with Crippen LogP contribution in [-0.4, -0.2) is 26.5 Å². The Hall–Kier alpha value is -3.36. The van der Waals surface area contributed by atoms with E-state index in [9.17, 15) is 18.0 Å². The first-order chi connectivity index (χ1) is 15.8. The third kappa shape index (κ3) is 6.82. The summed E-state index contributed by atoms with van der Waals surface area (Å²) >= 11 is 6.10. The van der Waals surface area contributed by atoms with Gasteiger partial charge in [-0.05, 0) is 59.5 Å². The van der Waals surface area contributed by atoms with E-state index in [0.717, 1.165) is 11.8 Å². The summed E-state index contributed by atoms with van der Waals surface area (Å²) < 4.78 is 25.1. The fourth-order valence-corrected chi connectivity index (χ4v) is 4.00. The zero-order valence-electron chi connectivity index (χ0n) is 19.3. The van der Waals surface area contributed by atoms with Crippen LogP contribution in [0.3, 0.4) is 0 Å². The lowest BCUT2D eigenvalue weighted by Gasteiger charge is -2.19. The molecule has 0 aliphatic rings. The first-order valence-corrected chi connectivity index (χ1v) is 12.7. The van der Waals surface area contributed by atoms with Gasteiger partial charge >= 0.3 is 0 Å². The number of carbonyl (C=O) groups is 2. The van der Waals surface area contributed by atoms with Gasteiger partial charge in [-0.1, -0.05) is 50.6 Å². The van der Waals surface area contributed by atoms with Gasteiger partial charge in [0.05, 0.1) is 17.0 Å². The molecule has 3 aromatic carbocycles. The zero-order chi connectivity index (χ0) is 25.1. The third-order valence-corrected chi connectivity index (χ3v) is 5.82. The summed E-state index contributed by atoms with van der Waals surface area (Å²) in [5, 5.41) is 5.67. The minimum Gasteiger partial charge on any atom is -0.322 e. The fraction of sp³-hybridized carbons (Fsp3) is 0.200. The van der Waals surface area contributed by atoms with E-state index >= 15 is 0 Å². The minimum absolute atomic E-state index is 0.00366. The molecule has 0 aliphatic carbocycles. The van der Waals surface area contributed by atoms with E-state index in [2.05, 4.69) is 36.1 Å². The Morgan fingerprint density at radius 3 is 1.82 bits per heavy atom. The van der Waals surface area contributed by atoms with E-state index < -0.39 is 15.9 Å². The number of nitrogens with one attached hydrogen (secondary N) is 3. The molecule has 3 rings (SSSR count). The van der Waals surface area contributed by atoms with Gasteiger partial charge in [-0.15, -0.1) is 0 Å². The molecule has 3 N–H and O–H groups in total. The van der Waals surface area contributed by atoms with Crippen LogP contribution in [0.15, 0.2) is 66.7 Å². The Balaban J connectivity index is 1.69. The first kappa shape index (κ1) is 25.3. The van der Waals surface area contributed by atoms with Crippen molar-refractivity contribution in [3.8, 4) is 0 Å². The lowest BCUT2D eigenvalue weighted by Crippen LogP contribution is -2.15. The number of hydrogen-bond donors (Lipinski definition) is 3. The number of anilines is 3. The van der Waals surface area contributed by atoms with Gasteiger partial charge < -0.3 is 10.6 Å². The number of rotatable bonds is 6. The average molecular weight is 500 g/mol. The molecular formula is C25H26ClN3O4S. The summed E-state index contributed by atoms with van der Waals surface area (Å²) in [6, 6.07) is 18.5. The minimum atomic E-state index is -3.49. The van der Waals surface area contributed by atoms with Crippen LogP contribution in [-0.2, 0) is 15.4 Å².